The minimum atomic E-state index is -0.504. The van der Waals surface area contributed by atoms with E-state index in [0.717, 1.165) is 22.5 Å². The van der Waals surface area contributed by atoms with Crippen molar-refractivity contribution < 1.29 is 14.8 Å². The average Bonchev–Trinajstić information content (AvgIpc) is 2.98. The first-order valence-electron chi connectivity index (χ1n) is 8.63. The highest BCUT2D eigenvalue weighted by Gasteiger charge is 2.20. The SMILES string of the molecule is O=C1C=Cc2ccccc2/C1=C/c1sc(=O)n(Cc2ccc([N+](=O)[O-])cc2)c1O. The van der Waals surface area contributed by atoms with E-state index in [-0.39, 0.29) is 33.6 Å². The zero-order valence-corrected chi connectivity index (χ0v) is 15.8. The largest absolute Gasteiger partial charge is 0.493 e. The van der Waals surface area contributed by atoms with E-state index in [2.05, 4.69) is 0 Å². The van der Waals surface area contributed by atoms with Gasteiger partial charge in [0.1, 0.15) is 0 Å². The number of hydrogen-bond donors (Lipinski definition) is 1. The third-order valence-corrected chi connectivity index (χ3v) is 5.50. The van der Waals surface area contributed by atoms with E-state index in [4.69, 9.17) is 0 Å². The van der Waals surface area contributed by atoms with E-state index in [1.54, 1.807) is 6.08 Å². The van der Waals surface area contributed by atoms with Gasteiger partial charge in [-0.1, -0.05) is 53.8 Å². The molecule has 0 fully saturated rings. The maximum Gasteiger partial charge on any atom is 0.310 e. The number of hydrogen-bond acceptors (Lipinski definition) is 6. The van der Waals surface area contributed by atoms with Crippen molar-refractivity contribution >= 4 is 40.5 Å². The molecule has 3 aromatic rings. The van der Waals surface area contributed by atoms with E-state index >= 15 is 0 Å². The lowest BCUT2D eigenvalue weighted by Crippen LogP contribution is -2.13. The summed E-state index contributed by atoms with van der Waals surface area (Å²) in [5, 5.41) is 21.3. The van der Waals surface area contributed by atoms with Gasteiger partial charge in [0.25, 0.3) is 5.69 Å². The molecule has 0 bridgehead atoms. The summed E-state index contributed by atoms with van der Waals surface area (Å²) in [5.41, 5.74) is 2.61. The molecule has 2 aromatic carbocycles. The van der Waals surface area contributed by atoms with E-state index in [1.807, 2.05) is 24.3 Å². The number of thiazole rings is 1. The molecule has 1 heterocycles. The Bertz CT molecular complexity index is 1250. The fourth-order valence-electron chi connectivity index (χ4n) is 3.11. The molecule has 0 spiro atoms. The third-order valence-electron chi connectivity index (χ3n) is 4.59. The Balaban J connectivity index is 1.70. The Morgan fingerprint density at radius 2 is 1.79 bits per heavy atom. The summed E-state index contributed by atoms with van der Waals surface area (Å²) >= 11 is 0.835. The molecule has 0 radical (unpaired) electrons. The van der Waals surface area contributed by atoms with Gasteiger partial charge in [-0.25, -0.2) is 0 Å². The van der Waals surface area contributed by atoms with Crippen LogP contribution in [0.3, 0.4) is 0 Å². The molecule has 29 heavy (non-hydrogen) atoms. The molecule has 1 aliphatic rings. The minimum absolute atomic E-state index is 0.0522. The molecule has 4 rings (SSSR count). The number of nitro groups is 1. The molecule has 144 valence electrons. The minimum Gasteiger partial charge on any atom is -0.493 e. The summed E-state index contributed by atoms with van der Waals surface area (Å²) in [5.74, 6) is -0.448. The number of carbonyl (C=O) groups is 1. The molecule has 8 heteroatoms. The number of ketones is 1. The fraction of sp³-hybridized carbons (Fsp3) is 0.0476. The Morgan fingerprint density at radius 3 is 2.52 bits per heavy atom. The zero-order valence-electron chi connectivity index (χ0n) is 14.9. The second-order valence-corrected chi connectivity index (χ2v) is 7.40. The smallest absolute Gasteiger partial charge is 0.310 e. The van der Waals surface area contributed by atoms with Gasteiger partial charge in [-0.3, -0.25) is 24.3 Å². The van der Waals surface area contributed by atoms with Crippen molar-refractivity contribution in [2.75, 3.05) is 0 Å². The number of aromatic nitrogens is 1. The lowest BCUT2D eigenvalue weighted by molar-refractivity contribution is -0.384. The van der Waals surface area contributed by atoms with Crippen LogP contribution in [-0.4, -0.2) is 20.4 Å². The first-order valence-corrected chi connectivity index (χ1v) is 9.45. The standard InChI is InChI=1S/C21H14N2O5S/c24-18-10-7-14-3-1-2-4-16(14)17(18)11-19-20(25)22(21(26)29-19)12-13-5-8-15(9-6-13)23(27)28/h1-11,25H,12H2/b17-11-. The number of carbonyl (C=O) groups excluding carboxylic acids is 1. The molecule has 7 nitrogen and oxygen atoms in total. The third kappa shape index (κ3) is 3.53. The second-order valence-electron chi connectivity index (χ2n) is 6.41. The van der Waals surface area contributed by atoms with Crippen LogP contribution in [0.4, 0.5) is 5.69 Å². The molecule has 1 aromatic heterocycles. The Labute approximate surface area is 168 Å². The van der Waals surface area contributed by atoms with Crippen molar-refractivity contribution in [1.29, 1.82) is 0 Å². The highest BCUT2D eigenvalue weighted by Crippen LogP contribution is 2.32. The van der Waals surface area contributed by atoms with Crippen LogP contribution in [0.5, 0.6) is 5.88 Å². The molecule has 1 N–H and O–H groups in total. The second kappa shape index (κ2) is 7.33. The molecule has 0 aliphatic heterocycles. The van der Waals surface area contributed by atoms with Crippen LogP contribution in [0.15, 0.2) is 59.4 Å². The summed E-state index contributed by atoms with van der Waals surface area (Å²) in [6, 6.07) is 13.1. The molecular formula is C21H14N2O5S. The van der Waals surface area contributed by atoms with Gasteiger partial charge in [0, 0.05) is 17.7 Å². The van der Waals surface area contributed by atoms with Gasteiger partial charge in [-0.2, -0.15) is 0 Å². The van der Waals surface area contributed by atoms with Gasteiger partial charge < -0.3 is 5.11 Å². The van der Waals surface area contributed by atoms with E-state index in [1.165, 1.54) is 41.0 Å². The Kier molecular flexibility index (Phi) is 4.69. The quantitative estimate of drug-likeness (QED) is 0.404. The topological polar surface area (TPSA) is 102 Å². The number of aromatic hydroxyl groups is 1. The van der Waals surface area contributed by atoms with Crippen molar-refractivity contribution in [2.45, 2.75) is 6.54 Å². The Morgan fingerprint density at radius 1 is 1.07 bits per heavy atom. The summed E-state index contributed by atoms with van der Waals surface area (Å²) < 4.78 is 1.17. The van der Waals surface area contributed by atoms with Crippen molar-refractivity contribution in [3.63, 3.8) is 0 Å². The number of nitro benzene ring substituents is 1. The van der Waals surface area contributed by atoms with Gasteiger partial charge in [0.2, 0.25) is 5.88 Å². The molecule has 0 saturated carbocycles. The van der Waals surface area contributed by atoms with Gasteiger partial charge in [0.05, 0.1) is 16.3 Å². The predicted molar refractivity (Wildman–Crippen MR) is 111 cm³/mol. The van der Waals surface area contributed by atoms with Crippen LogP contribution in [-0.2, 0) is 11.3 Å². The van der Waals surface area contributed by atoms with Crippen LogP contribution < -0.4 is 4.87 Å². The maximum atomic E-state index is 12.4. The Hall–Kier alpha value is -3.78. The lowest BCUT2D eigenvalue weighted by atomic mass is 9.91. The van der Waals surface area contributed by atoms with E-state index < -0.39 is 4.92 Å². The summed E-state index contributed by atoms with van der Waals surface area (Å²) in [7, 11) is 0. The van der Waals surface area contributed by atoms with Crippen LogP contribution in [0.25, 0.3) is 17.7 Å². The zero-order chi connectivity index (χ0) is 20.5. The number of non-ortho nitro benzene ring substituents is 1. The summed E-state index contributed by atoms with van der Waals surface area (Å²) in [6.45, 7) is 0.0623. The molecule has 1 aliphatic carbocycles. The number of nitrogens with zero attached hydrogens (tertiary/aromatic N) is 2. The molecule has 0 atom stereocenters. The van der Waals surface area contributed by atoms with Gasteiger partial charge >= 0.3 is 4.87 Å². The van der Waals surface area contributed by atoms with Crippen molar-refractivity contribution in [1.82, 2.24) is 4.57 Å². The summed E-state index contributed by atoms with van der Waals surface area (Å²) in [6.07, 6.45) is 4.72. The highest BCUT2D eigenvalue weighted by molar-refractivity contribution is 7.10. The monoisotopic (exact) mass is 406 g/mol. The number of fused-ring (bicyclic) bond motifs is 1. The number of allylic oxidation sites excluding steroid dienone is 2. The van der Waals surface area contributed by atoms with E-state index in [0.29, 0.717) is 11.1 Å². The van der Waals surface area contributed by atoms with Gasteiger partial charge in [0.15, 0.2) is 5.78 Å². The number of benzene rings is 2. The van der Waals surface area contributed by atoms with Crippen molar-refractivity contribution in [3.05, 3.63) is 96.0 Å². The van der Waals surface area contributed by atoms with Crippen LogP contribution >= 0.6 is 11.3 Å². The predicted octanol–water partition coefficient (Wildman–Crippen LogP) is 3.71. The molecule has 0 amide bonds. The lowest BCUT2D eigenvalue weighted by Gasteiger charge is -2.12. The van der Waals surface area contributed by atoms with Crippen molar-refractivity contribution in [2.24, 2.45) is 0 Å². The highest BCUT2D eigenvalue weighted by atomic mass is 32.1. The van der Waals surface area contributed by atoms with E-state index in [9.17, 15) is 24.8 Å². The van der Waals surface area contributed by atoms with Gasteiger partial charge in [-0.05, 0) is 28.8 Å². The first kappa shape index (κ1) is 18.6. The normalized spacial score (nSPS) is 14.2. The van der Waals surface area contributed by atoms with Crippen molar-refractivity contribution in [3.8, 4) is 5.88 Å². The maximum absolute atomic E-state index is 12.4. The summed E-state index contributed by atoms with van der Waals surface area (Å²) in [4.78, 5) is 34.9. The van der Waals surface area contributed by atoms with Gasteiger partial charge in [-0.15, -0.1) is 0 Å². The molecule has 0 saturated heterocycles. The number of rotatable bonds is 4. The fourth-order valence-corrected chi connectivity index (χ4v) is 3.94. The molecule has 0 unspecified atom stereocenters. The van der Waals surface area contributed by atoms with Crippen LogP contribution in [0, 0.1) is 10.1 Å². The first-order chi connectivity index (χ1) is 13.9. The van der Waals surface area contributed by atoms with Crippen LogP contribution in [0.1, 0.15) is 21.6 Å². The average molecular weight is 406 g/mol. The van der Waals surface area contributed by atoms with Crippen LogP contribution in [0.2, 0.25) is 0 Å². The molecular weight excluding hydrogens is 392 g/mol.